The van der Waals surface area contributed by atoms with Crippen molar-refractivity contribution in [2.75, 3.05) is 6.54 Å². The molecule has 1 amide bonds. The fourth-order valence-corrected chi connectivity index (χ4v) is 2.14. The van der Waals surface area contributed by atoms with E-state index in [1.807, 2.05) is 13.0 Å². The maximum atomic E-state index is 13.1. The lowest BCUT2D eigenvalue weighted by molar-refractivity contribution is -0.122. The van der Waals surface area contributed by atoms with E-state index in [4.69, 9.17) is 5.73 Å². The Labute approximate surface area is 120 Å². The average molecular weight is 280 g/mol. The molecule has 0 aromatic heterocycles. The minimum Gasteiger partial charge on any atom is -0.350 e. The van der Waals surface area contributed by atoms with Crippen LogP contribution in [0.4, 0.5) is 4.39 Å². The lowest BCUT2D eigenvalue weighted by Gasteiger charge is -2.24. The molecule has 0 aliphatic rings. The lowest BCUT2D eigenvalue weighted by Crippen LogP contribution is -2.28. The molecular weight excluding hydrogens is 255 g/mol. The predicted octanol–water partition coefficient (Wildman–Crippen LogP) is 3.16. The predicted molar refractivity (Wildman–Crippen MR) is 79.6 cm³/mol. The van der Waals surface area contributed by atoms with E-state index < -0.39 is 0 Å². The Morgan fingerprint density at radius 3 is 2.70 bits per heavy atom. The molecule has 20 heavy (non-hydrogen) atoms. The van der Waals surface area contributed by atoms with Crippen LogP contribution in [0.15, 0.2) is 24.3 Å². The second-order valence-electron chi connectivity index (χ2n) is 6.05. The van der Waals surface area contributed by atoms with Crippen LogP contribution in [0.2, 0.25) is 0 Å². The van der Waals surface area contributed by atoms with E-state index in [9.17, 15) is 9.18 Å². The fraction of sp³-hybridized carbons (Fsp3) is 0.562. The van der Waals surface area contributed by atoms with Gasteiger partial charge in [-0.3, -0.25) is 4.79 Å². The van der Waals surface area contributed by atoms with Gasteiger partial charge in [0.15, 0.2) is 0 Å². The number of carbonyl (C=O) groups excluding carboxylic acids is 1. The van der Waals surface area contributed by atoms with Crippen LogP contribution < -0.4 is 11.1 Å². The van der Waals surface area contributed by atoms with Crippen LogP contribution >= 0.6 is 0 Å². The maximum Gasteiger partial charge on any atom is 0.220 e. The third-order valence-corrected chi connectivity index (χ3v) is 3.58. The van der Waals surface area contributed by atoms with Crippen molar-refractivity contribution in [2.24, 2.45) is 11.1 Å². The van der Waals surface area contributed by atoms with Gasteiger partial charge in [-0.25, -0.2) is 4.39 Å². The molecule has 1 aromatic carbocycles. The molecule has 0 aliphatic carbocycles. The number of nitrogens with one attached hydrogen (secondary N) is 1. The molecule has 1 atom stereocenters. The molecule has 112 valence electrons. The number of rotatable bonds is 7. The Kier molecular flexibility index (Phi) is 6.14. The zero-order chi connectivity index (χ0) is 15.2. The highest BCUT2D eigenvalue weighted by atomic mass is 19.1. The molecule has 0 bridgehead atoms. The number of hydrogen-bond donors (Lipinski definition) is 2. The monoisotopic (exact) mass is 280 g/mol. The second-order valence-corrected chi connectivity index (χ2v) is 6.05. The first kappa shape index (κ1) is 16.6. The summed E-state index contributed by atoms with van der Waals surface area (Å²) in [5, 5.41) is 2.90. The molecular formula is C16H25FN2O. The number of nitrogens with two attached hydrogens (primary N) is 1. The van der Waals surface area contributed by atoms with E-state index in [0.29, 0.717) is 13.0 Å². The number of amides is 1. The molecule has 3 N–H and O–H groups in total. The highest BCUT2D eigenvalue weighted by Gasteiger charge is 2.19. The minimum absolute atomic E-state index is 0.00754. The van der Waals surface area contributed by atoms with Gasteiger partial charge >= 0.3 is 0 Å². The van der Waals surface area contributed by atoms with Gasteiger partial charge in [0.25, 0.3) is 0 Å². The Morgan fingerprint density at radius 1 is 1.40 bits per heavy atom. The van der Waals surface area contributed by atoms with Crippen LogP contribution in [0.25, 0.3) is 0 Å². The number of benzene rings is 1. The largest absolute Gasteiger partial charge is 0.350 e. The van der Waals surface area contributed by atoms with E-state index in [-0.39, 0.29) is 23.2 Å². The van der Waals surface area contributed by atoms with Crippen molar-refractivity contribution in [3.63, 3.8) is 0 Å². The van der Waals surface area contributed by atoms with Crippen molar-refractivity contribution in [3.05, 3.63) is 35.6 Å². The van der Waals surface area contributed by atoms with E-state index in [1.54, 1.807) is 6.07 Å². The van der Waals surface area contributed by atoms with E-state index in [0.717, 1.165) is 18.4 Å². The van der Waals surface area contributed by atoms with Gasteiger partial charge in [-0.1, -0.05) is 26.0 Å². The smallest absolute Gasteiger partial charge is 0.220 e. The Balaban J connectivity index is 2.46. The van der Waals surface area contributed by atoms with Crippen LogP contribution in [-0.4, -0.2) is 12.5 Å². The Bertz CT molecular complexity index is 446. The highest BCUT2D eigenvalue weighted by Crippen LogP contribution is 2.26. The van der Waals surface area contributed by atoms with Crippen molar-refractivity contribution >= 4 is 5.91 Å². The molecule has 0 saturated heterocycles. The summed E-state index contributed by atoms with van der Waals surface area (Å²) in [6.45, 7) is 6.72. The van der Waals surface area contributed by atoms with Crippen molar-refractivity contribution in [2.45, 2.75) is 46.1 Å². The van der Waals surface area contributed by atoms with Gasteiger partial charge in [0.1, 0.15) is 5.82 Å². The third-order valence-electron chi connectivity index (χ3n) is 3.58. The summed E-state index contributed by atoms with van der Waals surface area (Å²) in [6, 6.07) is 6.12. The summed E-state index contributed by atoms with van der Waals surface area (Å²) in [5.74, 6) is -0.292. The summed E-state index contributed by atoms with van der Waals surface area (Å²) in [5.41, 5.74) is 6.41. The van der Waals surface area contributed by atoms with Gasteiger partial charge in [-0.15, -0.1) is 0 Å². The molecule has 0 spiro atoms. The van der Waals surface area contributed by atoms with Gasteiger partial charge in [0.2, 0.25) is 5.91 Å². The summed E-state index contributed by atoms with van der Waals surface area (Å²) in [7, 11) is 0. The number of carbonyl (C=O) groups is 1. The van der Waals surface area contributed by atoms with E-state index >= 15 is 0 Å². The normalized spacial score (nSPS) is 13.1. The summed E-state index contributed by atoms with van der Waals surface area (Å²) >= 11 is 0. The lowest BCUT2D eigenvalue weighted by atomic mass is 9.84. The zero-order valence-electron chi connectivity index (χ0n) is 12.6. The van der Waals surface area contributed by atoms with Gasteiger partial charge in [0.05, 0.1) is 6.04 Å². The number of hydrogen-bond acceptors (Lipinski definition) is 2. The van der Waals surface area contributed by atoms with Crippen molar-refractivity contribution in [1.82, 2.24) is 5.32 Å². The zero-order valence-corrected chi connectivity index (χ0v) is 12.6. The maximum absolute atomic E-state index is 13.1. The first-order chi connectivity index (χ1) is 9.34. The molecule has 3 nitrogen and oxygen atoms in total. The molecule has 1 aromatic rings. The van der Waals surface area contributed by atoms with E-state index in [1.165, 1.54) is 12.1 Å². The third kappa shape index (κ3) is 5.70. The number of halogens is 1. The van der Waals surface area contributed by atoms with Crippen LogP contribution in [-0.2, 0) is 4.79 Å². The van der Waals surface area contributed by atoms with Crippen molar-refractivity contribution in [1.29, 1.82) is 0 Å². The summed E-state index contributed by atoms with van der Waals surface area (Å²) < 4.78 is 13.1. The Hall–Kier alpha value is -1.42. The van der Waals surface area contributed by atoms with Gasteiger partial charge < -0.3 is 11.1 Å². The summed E-state index contributed by atoms with van der Waals surface area (Å²) in [4.78, 5) is 11.9. The standard InChI is InChI=1S/C16H25FN2O/c1-12(13-5-4-6-14(17)11-13)19-15(20)7-8-16(2,3)9-10-18/h4-6,11-12H,7-10,18H2,1-3H3,(H,19,20)/t12-/m1/s1. The first-order valence-corrected chi connectivity index (χ1v) is 7.09. The van der Waals surface area contributed by atoms with Gasteiger partial charge in [-0.2, -0.15) is 0 Å². The Morgan fingerprint density at radius 2 is 2.10 bits per heavy atom. The van der Waals surface area contributed by atoms with Gasteiger partial charge in [-0.05, 0) is 49.4 Å². The molecule has 0 aliphatic heterocycles. The quantitative estimate of drug-likeness (QED) is 0.806. The van der Waals surface area contributed by atoms with Crippen LogP contribution in [0.1, 0.15) is 51.6 Å². The summed E-state index contributed by atoms with van der Waals surface area (Å²) in [6.07, 6.45) is 2.16. The molecule has 0 radical (unpaired) electrons. The minimum atomic E-state index is -0.285. The molecule has 0 saturated carbocycles. The average Bonchev–Trinajstić information content (AvgIpc) is 2.36. The van der Waals surface area contributed by atoms with E-state index in [2.05, 4.69) is 19.2 Å². The first-order valence-electron chi connectivity index (χ1n) is 7.09. The highest BCUT2D eigenvalue weighted by molar-refractivity contribution is 5.76. The van der Waals surface area contributed by atoms with Crippen molar-refractivity contribution < 1.29 is 9.18 Å². The van der Waals surface area contributed by atoms with Crippen LogP contribution in [0.5, 0.6) is 0 Å². The fourth-order valence-electron chi connectivity index (χ4n) is 2.14. The van der Waals surface area contributed by atoms with Crippen LogP contribution in [0, 0.1) is 11.2 Å². The molecule has 1 rings (SSSR count). The molecule has 4 heteroatoms. The second kappa shape index (κ2) is 7.39. The SMILES string of the molecule is C[C@@H](NC(=O)CCC(C)(C)CCN)c1cccc(F)c1. The molecule has 0 fully saturated rings. The molecule has 0 unspecified atom stereocenters. The van der Waals surface area contributed by atoms with Crippen LogP contribution in [0.3, 0.4) is 0 Å². The molecule has 0 heterocycles. The van der Waals surface area contributed by atoms with Gasteiger partial charge in [0, 0.05) is 6.42 Å². The topological polar surface area (TPSA) is 55.1 Å². The van der Waals surface area contributed by atoms with Crippen molar-refractivity contribution in [3.8, 4) is 0 Å².